The first-order valence-electron chi connectivity index (χ1n) is 8.72. The average Bonchev–Trinajstić information content (AvgIpc) is 3.20. The first kappa shape index (κ1) is 20.1. The second-order valence-electron chi connectivity index (χ2n) is 6.58. The van der Waals surface area contributed by atoms with Gasteiger partial charge in [0, 0.05) is 24.5 Å². The lowest BCUT2D eigenvalue weighted by Gasteiger charge is -2.21. The van der Waals surface area contributed by atoms with Gasteiger partial charge in [0.05, 0.1) is 17.1 Å². The molecule has 0 aliphatic rings. The van der Waals surface area contributed by atoms with Crippen LogP contribution in [0.25, 0.3) is 0 Å². The average molecular weight is 415 g/mol. The molecular weight excluding hydrogens is 392 g/mol. The molecule has 0 saturated heterocycles. The van der Waals surface area contributed by atoms with E-state index >= 15 is 0 Å². The zero-order valence-corrected chi connectivity index (χ0v) is 17.6. The van der Waals surface area contributed by atoms with Gasteiger partial charge in [0.15, 0.2) is 0 Å². The molecule has 0 aliphatic carbocycles. The molecule has 0 aliphatic heterocycles. The maximum Gasteiger partial charge on any atom is 0.264 e. The summed E-state index contributed by atoms with van der Waals surface area (Å²) in [5.41, 5.74) is 1.96. The highest BCUT2D eigenvalue weighted by Gasteiger charge is 2.23. The summed E-state index contributed by atoms with van der Waals surface area (Å²) in [5, 5.41) is 1.96. The van der Waals surface area contributed by atoms with Crippen LogP contribution in [-0.2, 0) is 16.6 Å². The predicted molar refractivity (Wildman–Crippen MR) is 113 cm³/mol. The smallest absolute Gasteiger partial charge is 0.264 e. The van der Waals surface area contributed by atoms with Crippen LogP contribution < -0.4 is 4.31 Å². The Labute approximate surface area is 169 Å². The first-order chi connectivity index (χ1) is 13.3. The van der Waals surface area contributed by atoms with Gasteiger partial charge in [-0.1, -0.05) is 29.8 Å². The van der Waals surface area contributed by atoms with Gasteiger partial charge in [-0.15, -0.1) is 11.3 Å². The van der Waals surface area contributed by atoms with Crippen LogP contribution in [0.15, 0.2) is 70.9 Å². The molecule has 5 nitrogen and oxygen atoms in total. The zero-order valence-electron chi connectivity index (χ0n) is 16.0. The van der Waals surface area contributed by atoms with Gasteiger partial charge in [0.25, 0.3) is 15.9 Å². The normalized spacial score (nSPS) is 11.2. The Morgan fingerprint density at radius 2 is 1.71 bits per heavy atom. The SMILES string of the molecule is Cc1ccc(N(C)S(=O)(=O)c2cccc(C(=O)N(C)Cc3cccs3)c2)cc1. The maximum absolute atomic E-state index is 13.0. The molecular formula is C21H22N2O3S2. The number of thiophene rings is 1. The molecule has 2 aromatic carbocycles. The number of carbonyl (C=O) groups is 1. The van der Waals surface area contributed by atoms with Gasteiger partial charge in [0.1, 0.15) is 0 Å². The first-order valence-corrected chi connectivity index (χ1v) is 11.0. The van der Waals surface area contributed by atoms with Crippen LogP contribution in [0.1, 0.15) is 20.8 Å². The topological polar surface area (TPSA) is 57.7 Å². The largest absolute Gasteiger partial charge is 0.337 e. The fourth-order valence-electron chi connectivity index (χ4n) is 2.77. The molecule has 7 heteroatoms. The number of carbonyl (C=O) groups excluding carboxylic acids is 1. The van der Waals surface area contributed by atoms with Crippen LogP contribution in [0.2, 0.25) is 0 Å². The summed E-state index contributed by atoms with van der Waals surface area (Å²) in [6, 6.07) is 17.3. The number of hydrogen-bond donors (Lipinski definition) is 0. The Balaban J connectivity index is 1.85. The van der Waals surface area contributed by atoms with E-state index in [1.807, 2.05) is 36.6 Å². The molecule has 146 valence electrons. The van der Waals surface area contributed by atoms with Gasteiger partial charge in [0.2, 0.25) is 0 Å². The van der Waals surface area contributed by atoms with Crippen molar-refractivity contribution in [3.05, 3.63) is 82.0 Å². The summed E-state index contributed by atoms with van der Waals surface area (Å²) in [6.07, 6.45) is 0. The van der Waals surface area contributed by atoms with E-state index in [1.54, 1.807) is 47.5 Å². The summed E-state index contributed by atoms with van der Waals surface area (Å²) in [5.74, 6) is -0.219. The third kappa shape index (κ3) is 4.26. The van der Waals surface area contributed by atoms with Gasteiger partial charge in [-0.25, -0.2) is 8.42 Å². The molecule has 0 saturated carbocycles. The molecule has 0 radical (unpaired) electrons. The van der Waals surface area contributed by atoms with Gasteiger partial charge in [-0.2, -0.15) is 0 Å². The lowest BCUT2D eigenvalue weighted by atomic mass is 10.2. The molecule has 0 N–H and O–H groups in total. The molecule has 0 fully saturated rings. The van der Waals surface area contributed by atoms with Crippen molar-refractivity contribution in [2.45, 2.75) is 18.4 Å². The van der Waals surface area contributed by atoms with Crippen molar-refractivity contribution in [3.8, 4) is 0 Å². The maximum atomic E-state index is 13.0. The van der Waals surface area contributed by atoms with Crippen molar-refractivity contribution >= 4 is 33.0 Å². The molecule has 0 spiro atoms. The van der Waals surface area contributed by atoms with Crippen molar-refractivity contribution < 1.29 is 13.2 Å². The van der Waals surface area contributed by atoms with Crippen molar-refractivity contribution in [2.24, 2.45) is 0 Å². The molecule has 28 heavy (non-hydrogen) atoms. The highest BCUT2D eigenvalue weighted by molar-refractivity contribution is 7.92. The standard InChI is InChI=1S/C21H22N2O3S2/c1-16-9-11-18(12-10-16)23(3)28(25,26)20-8-4-6-17(14-20)21(24)22(2)15-19-7-5-13-27-19/h4-14H,15H2,1-3H3. The Morgan fingerprint density at radius 1 is 1.00 bits per heavy atom. The van der Waals surface area contributed by atoms with Crippen LogP contribution in [-0.4, -0.2) is 33.3 Å². The van der Waals surface area contributed by atoms with E-state index in [2.05, 4.69) is 0 Å². The molecule has 3 rings (SSSR count). The Bertz CT molecular complexity index is 1060. The van der Waals surface area contributed by atoms with Crippen molar-refractivity contribution in [1.29, 1.82) is 0 Å². The number of sulfonamides is 1. The quantitative estimate of drug-likeness (QED) is 0.609. The number of benzene rings is 2. The third-order valence-electron chi connectivity index (χ3n) is 4.46. The number of amides is 1. The van der Waals surface area contributed by atoms with Crippen molar-refractivity contribution in [3.63, 3.8) is 0 Å². The number of anilines is 1. The van der Waals surface area contributed by atoms with Gasteiger partial charge in [-0.3, -0.25) is 9.10 Å². The third-order valence-corrected chi connectivity index (χ3v) is 7.10. The molecule has 1 heterocycles. The zero-order chi connectivity index (χ0) is 20.3. The lowest BCUT2D eigenvalue weighted by molar-refractivity contribution is 0.0786. The predicted octanol–water partition coefficient (Wildman–Crippen LogP) is 4.15. The van der Waals surface area contributed by atoms with E-state index in [9.17, 15) is 13.2 Å². The number of nitrogens with zero attached hydrogens (tertiary/aromatic N) is 2. The number of hydrogen-bond acceptors (Lipinski definition) is 4. The second kappa shape index (κ2) is 8.16. The second-order valence-corrected chi connectivity index (χ2v) is 9.58. The molecule has 3 aromatic rings. The van der Waals surface area contributed by atoms with Gasteiger partial charge in [-0.05, 0) is 48.7 Å². The van der Waals surface area contributed by atoms with Gasteiger partial charge >= 0.3 is 0 Å². The molecule has 1 aromatic heterocycles. The summed E-state index contributed by atoms with van der Waals surface area (Å²) >= 11 is 1.58. The summed E-state index contributed by atoms with van der Waals surface area (Å²) in [6.45, 7) is 2.43. The van der Waals surface area contributed by atoms with Crippen LogP contribution in [0.4, 0.5) is 5.69 Å². The van der Waals surface area contributed by atoms with E-state index < -0.39 is 10.0 Å². The van der Waals surface area contributed by atoms with E-state index in [1.165, 1.54) is 23.5 Å². The Morgan fingerprint density at radius 3 is 2.36 bits per heavy atom. The fourth-order valence-corrected chi connectivity index (χ4v) is 4.77. The van der Waals surface area contributed by atoms with Crippen molar-refractivity contribution in [1.82, 2.24) is 4.90 Å². The lowest BCUT2D eigenvalue weighted by Crippen LogP contribution is -2.28. The minimum atomic E-state index is -3.77. The van der Waals surface area contributed by atoms with E-state index in [-0.39, 0.29) is 10.8 Å². The van der Waals surface area contributed by atoms with E-state index in [0.29, 0.717) is 17.8 Å². The van der Waals surface area contributed by atoms with Crippen molar-refractivity contribution in [2.75, 3.05) is 18.4 Å². The van der Waals surface area contributed by atoms with E-state index in [4.69, 9.17) is 0 Å². The molecule has 0 bridgehead atoms. The fraction of sp³-hybridized carbons (Fsp3) is 0.190. The summed E-state index contributed by atoms with van der Waals surface area (Å²) in [4.78, 5) is 15.5. The minimum absolute atomic E-state index is 0.0888. The molecule has 0 unspecified atom stereocenters. The van der Waals surface area contributed by atoms with Crippen LogP contribution >= 0.6 is 11.3 Å². The Hall–Kier alpha value is -2.64. The van der Waals surface area contributed by atoms with Crippen LogP contribution in [0, 0.1) is 6.92 Å². The number of aryl methyl sites for hydroxylation is 1. The van der Waals surface area contributed by atoms with Gasteiger partial charge < -0.3 is 4.90 Å². The van der Waals surface area contributed by atoms with E-state index in [0.717, 1.165) is 10.4 Å². The number of rotatable bonds is 6. The Kier molecular flexibility index (Phi) is 5.86. The van der Waals surface area contributed by atoms with Crippen LogP contribution in [0.3, 0.4) is 0 Å². The summed E-state index contributed by atoms with van der Waals surface area (Å²) in [7, 11) is -0.551. The minimum Gasteiger partial charge on any atom is -0.337 e. The molecule has 1 amide bonds. The monoisotopic (exact) mass is 414 g/mol. The highest BCUT2D eigenvalue weighted by atomic mass is 32.2. The van der Waals surface area contributed by atoms with Crippen LogP contribution in [0.5, 0.6) is 0 Å². The highest BCUT2D eigenvalue weighted by Crippen LogP contribution is 2.23. The molecule has 0 atom stereocenters. The summed E-state index contributed by atoms with van der Waals surface area (Å²) < 4.78 is 27.3.